The lowest BCUT2D eigenvalue weighted by Crippen LogP contribution is -2.34. The lowest BCUT2D eigenvalue weighted by molar-refractivity contribution is 0.116. The van der Waals surface area contributed by atoms with Crippen LogP contribution in [0, 0.1) is 5.82 Å². The van der Waals surface area contributed by atoms with Crippen LogP contribution in [0.4, 0.5) is 4.39 Å². The molecule has 4 rings (SSSR count). The Morgan fingerprint density at radius 3 is 2.59 bits per heavy atom. The van der Waals surface area contributed by atoms with Gasteiger partial charge in [-0.25, -0.2) is 14.4 Å². The molecular weight excluding hydrogens is 413 g/mol. The van der Waals surface area contributed by atoms with E-state index in [0.717, 1.165) is 36.4 Å². The van der Waals surface area contributed by atoms with E-state index < -0.39 is 0 Å². The van der Waals surface area contributed by atoms with Crippen LogP contribution in [-0.2, 0) is 6.54 Å². The van der Waals surface area contributed by atoms with E-state index in [2.05, 4.69) is 15.3 Å². The molecule has 0 aliphatic heterocycles. The highest BCUT2D eigenvalue weighted by atomic mass is 35.5. The predicted octanol–water partition coefficient (Wildman–Crippen LogP) is 5.07. The van der Waals surface area contributed by atoms with Crippen molar-refractivity contribution < 1.29 is 13.9 Å². The molecule has 5 nitrogen and oxygen atoms in total. The van der Waals surface area contributed by atoms with Gasteiger partial charge in [-0.2, -0.15) is 0 Å². The Morgan fingerprint density at radius 1 is 1.14 bits per heavy atom. The Kier molecular flexibility index (Phi) is 6.50. The minimum Gasteiger partial charge on any atom is -0.429 e. The summed E-state index contributed by atoms with van der Waals surface area (Å²) in [5, 5.41) is 15.2. The zero-order valence-electron chi connectivity index (χ0n) is 15.6. The van der Waals surface area contributed by atoms with E-state index in [9.17, 15) is 9.50 Å². The van der Waals surface area contributed by atoms with Gasteiger partial charge in [0.2, 0.25) is 5.89 Å². The van der Waals surface area contributed by atoms with Crippen LogP contribution in [-0.4, -0.2) is 27.2 Å². The van der Waals surface area contributed by atoms with E-state index in [1.54, 1.807) is 24.4 Å². The maximum Gasteiger partial charge on any atom is 0.227 e. The standard InChI is InChI=1S/C21H21ClFN3O2S/c22-14-3-10-19(25-11-14)29-21-18(12-24-16-6-8-17(27)9-7-16)26-20(28-21)13-1-4-15(23)5-2-13/h1-5,10-11,16-17,24,27H,6-9,12H2. The second kappa shape index (κ2) is 9.26. The van der Waals surface area contributed by atoms with Crippen LogP contribution in [0.1, 0.15) is 31.4 Å². The minimum absolute atomic E-state index is 0.188. The summed E-state index contributed by atoms with van der Waals surface area (Å²) >= 11 is 7.30. The number of hydrogen-bond acceptors (Lipinski definition) is 6. The van der Waals surface area contributed by atoms with Gasteiger partial charge in [0.15, 0.2) is 5.09 Å². The highest BCUT2D eigenvalue weighted by Crippen LogP contribution is 2.34. The van der Waals surface area contributed by atoms with E-state index in [1.807, 2.05) is 6.07 Å². The van der Waals surface area contributed by atoms with Crippen molar-refractivity contribution in [1.29, 1.82) is 0 Å². The SMILES string of the molecule is OC1CCC(NCc2nc(-c3ccc(F)cc3)oc2Sc2ccc(Cl)cn2)CC1. The summed E-state index contributed by atoms with van der Waals surface area (Å²) in [5.74, 6) is 0.138. The topological polar surface area (TPSA) is 71.2 Å². The molecule has 0 unspecified atom stereocenters. The average molecular weight is 434 g/mol. The van der Waals surface area contributed by atoms with Gasteiger partial charge < -0.3 is 14.8 Å². The summed E-state index contributed by atoms with van der Waals surface area (Å²) in [6.07, 6.45) is 4.90. The Hall–Kier alpha value is -1.93. The molecule has 0 bridgehead atoms. The van der Waals surface area contributed by atoms with Crippen LogP contribution in [0.15, 0.2) is 57.1 Å². The lowest BCUT2D eigenvalue weighted by Gasteiger charge is -2.26. The Labute approximate surface area is 177 Å². The Morgan fingerprint density at radius 2 is 1.90 bits per heavy atom. The van der Waals surface area contributed by atoms with Gasteiger partial charge >= 0.3 is 0 Å². The van der Waals surface area contributed by atoms with Gasteiger partial charge in [-0.05, 0) is 73.8 Å². The summed E-state index contributed by atoms with van der Waals surface area (Å²) in [5.41, 5.74) is 1.49. The third-order valence-corrected chi connectivity index (χ3v) is 6.08. The number of benzene rings is 1. The summed E-state index contributed by atoms with van der Waals surface area (Å²) in [6.45, 7) is 0.543. The van der Waals surface area contributed by atoms with Crippen molar-refractivity contribution >= 4 is 23.4 Å². The molecule has 8 heteroatoms. The number of aliphatic hydroxyl groups excluding tert-OH is 1. The average Bonchev–Trinajstić information content (AvgIpc) is 3.12. The molecule has 2 heterocycles. The van der Waals surface area contributed by atoms with E-state index in [0.29, 0.717) is 34.2 Å². The number of aliphatic hydroxyl groups is 1. The zero-order valence-corrected chi connectivity index (χ0v) is 17.2. The van der Waals surface area contributed by atoms with Crippen molar-refractivity contribution in [3.05, 3.63) is 59.1 Å². The van der Waals surface area contributed by atoms with Gasteiger partial charge in [-0.1, -0.05) is 11.6 Å². The fraction of sp³-hybridized carbons (Fsp3) is 0.333. The number of hydrogen-bond donors (Lipinski definition) is 2. The van der Waals surface area contributed by atoms with Crippen LogP contribution in [0.3, 0.4) is 0 Å². The fourth-order valence-corrected chi connectivity index (χ4v) is 4.18. The number of nitrogens with one attached hydrogen (secondary N) is 1. The number of aromatic nitrogens is 2. The summed E-state index contributed by atoms with van der Waals surface area (Å²) in [4.78, 5) is 8.96. The highest BCUT2D eigenvalue weighted by Gasteiger charge is 2.21. The number of pyridine rings is 1. The van der Waals surface area contributed by atoms with E-state index in [-0.39, 0.29) is 11.9 Å². The van der Waals surface area contributed by atoms with Gasteiger partial charge in [-0.3, -0.25) is 0 Å². The molecule has 0 saturated heterocycles. The predicted molar refractivity (Wildman–Crippen MR) is 110 cm³/mol. The normalized spacial score (nSPS) is 19.4. The van der Waals surface area contributed by atoms with E-state index >= 15 is 0 Å². The van der Waals surface area contributed by atoms with Crippen molar-refractivity contribution in [3.63, 3.8) is 0 Å². The molecule has 2 aromatic heterocycles. The largest absolute Gasteiger partial charge is 0.429 e. The first-order chi connectivity index (χ1) is 14.1. The molecular formula is C21H21ClFN3O2S. The number of nitrogens with zero attached hydrogens (tertiary/aromatic N) is 2. The maximum atomic E-state index is 13.3. The summed E-state index contributed by atoms with van der Waals surface area (Å²) in [7, 11) is 0. The van der Waals surface area contributed by atoms with Crippen molar-refractivity contribution in [3.8, 4) is 11.5 Å². The van der Waals surface area contributed by atoms with Crippen molar-refractivity contribution in [2.75, 3.05) is 0 Å². The molecule has 1 aromatic carbocycles. The van der Waals surface area contributed by atoms with Crippen LogP contribution in [0.5, 0.6) is 0 Å². The molecule has 0 spiro atoms. The van der Waals surface area contributed by atoms with Crippen molar-refractivity contribution in [2.45, 2.75) is 54.5 Å². The molecule has 3 aromatic rings. The molecule has 152 valence electrons. The minimum atomic E-state index is -0.304. The fourth-order valence-electron chi connectivity index (χ4n) is 3.28. The third-order valence-electron chi connectivity index (χ3n) is 4.91. The van der Waals surface area contributed by atoms with Crippen LogP contribution >= 0.6 is 23.4 Å². The number of halogens is 2. The van der Waals surface area contributed by atoms with Crippen molar-refractivity contribution in [1.82, 2.24) is 15.3 Å². The third kappa shape index (κ3) is 5.36. The van der Waals surface area contributed by atoms with E-state index in [1.165, 1.54) is 23.9 Å². The molecule has 1 fully saturated rings. The first-order valence-corrected chi connectivity index (χ1v) is 10.7. The Bertz CT molecular complexity index is 942. The first kappa shape index (κ1) is 20.3. The molecule has 0 radical (unpaired) electrons. The lowest BCUT2D eigenvalue weighted by atomic mass is 9.93. The monoisotopic (exact) mass is 433 g/mol. The second-order valence-corrected chi connectivity index (χ2v) is 8.49. The zero-order chi connectivity index (χ0) is 20.2. The van der Waals surface area contributed by atoms with Crippen LogP contribution < -0.4 is 5.32 Å². The molecule has 0 amide bonds. The van der Waals surface area contributed by atoms with E-state index in [4.69, 9.17) is 16.0 Å². The first-order valence-electron chi connectivity index (χ1n) is 9.53. The quantitative estimate of drug-likeness (QED) is 0.565. The molecule has 1 aliphatic carbocycles. The molecule has 1 saturated carbocycles. The smallest absolute Gasteiger partial charge is 0.227 e. The van der Waals surface area contributed by atoms with Gasteiger partial charge in [0.05, 0.1) is 11.1 Å². The van der Waals surface area contributed by atoms with Crippen molar-refractivity contribution in [2.24, 2.45) is 0 Å². The van der Waals surface area contributed by atoms with Gasteiger partial charge in [-0.15, -0.1) is 0 Å². The van der Waals surface area contributed by atoms with Gasteiger partial charge in [0.25, 0.3) is 0 Å². The van der Waals surface area contributed by atoms with Crippen LogP contribution in [0.2, 0.25) is 5.02 Å². The molecule has 1 aliphatic rings. The second-order valence-electron chi connectivity index (χ2n) is 7.06. The number of rotatable bonds is 6. The van der Waals surface area contributed by atoms with Gasteiger partial charge in [0.1, 0.15) is 16.5 Å². The molecule has 0 atom stereocenters. The molecule has 29 heavy (non-hydrogen) atoms. The summed E-state index contributed by atoms with van der Waals surface area (Å²) in [6, 6.07) is 10.0. The maximum absolute atomic E-state index is 13.3. The highest BCUT2D eigenvalue weighted by molar-refractivity contribution is 7.99. The summed E-state index contributed by atoms with van der Waals surface area (Å²) < 4.78 is 19.3. The van der Waals surface area contributed by atoms with Gasteiger partial charge in [0, 0.05) is 24.3 Å². The Balaban J connectivity index is 1.55. The number of oxazole rings is 1. The molecule has 2 N–H and O–H groups in total. The van der Waals surface area contributed by atoms with Crippen LogP contribution in [0.25, 0.3) is 11.5 Å².